The number of nitrogens with one attached hydrogen (secondary N) is 2. The second-order valence-corrected chi connectivity index (χ2v) is 8.49. The summed E-state index contributed by atoms with van der Waals surface area (Å²) in [6.45, 7) is 3.52. The van der Waals surface area contributed by atoms with E-state index < -0.39 is 23.4 Å². The molecular weight excluding hydrogens is 450 g/mol. The standard InChI is InChI=1S/C24H27N7O4/c1-16(17-8-10-19(11-9-17)30-15-25-14-26-30)29(3)13-21(32)28-31-22(33)24(2,27-23(31)34)18-6-5-7-20(12-18)35-4/h5-12,14-16H,13H2,1-4H3,(H,27,34)(H,28,32). The Morgan fingerprint density at radius 1 is 1.23 bits per heavy atom. The Hall–Kier alpha value is -4.25. The maximum Gasteiger partial charge on any atom is 0.344 e. The highest BCUT2D eigenvalue weighted by atomic mass is 16.5. The van der Waals surface area contributed by atoms with E-state index in [1.165, 1.54) is 13.4 Å². The number of nitrogens with zero attached hydrogens (tertiary/aromatic N) is 5. The number of imide groups is 1. The number of carbonyl (C=O) groups is 3. The van der Waals surface area contributed by atoms with Crippen molar-refractivity contribution >= 4 is 17.8 Å². The van der Waals surface area contributed by atoms with Gasteiger partial charge in [0.05, 0.1) is 19.3 Å². The minimum atomic E-state index is -1.33. The van der Waals surface area contributed by atoms with Crippen molar-refractivity contribution in [1.29, 1.82) is 0 Å². The topological polar surface area (TPSA) is 122 Å². The summed E-state index contributed by atoms with van der Waals surface area (Å²) in [5.74, 6) is -0.515. The molecule has 11 heteroatoms. The zero-order valence-corrected chi connectivity index (χ0v) is 19.9. The first kappa shape index (κ1) is 23.9. The fraction of sp³-hybridized carbons (Fsp3) is 0.292. The van der Waals surface area contributed by atoms with Crippen LogP contribution in [0.1, 0.15) is 31.0 Å². The van der Waals surface area contributed by atoms with Crippen molar-refractivity contribution in [2.24, 2.45) is 0 Å². The van der Waals surface area contributed by atoms with Crippen molar-refractivity contribution in [3.05, 3.63) is 72.3 Å². The largest absolute Gasteiger partial charge is 0.497 e. The maximum absolute atomic E-state index is 13.1. The van der Waals surface area contributed by atoms with Crippen LogP contribution in [-0.2, 0) is 15.1 Å². The maximum atomic E-state index is 13.1. The van der Waals surface area contributed by atoms with E-state index in [1.54, 1.807) is 49.2 Å². The Labute approximate surface area is 202 Å². The molecule has 1 aliphatic rings. The molecule has 1 aliphatic heterocycles. The molecule has 1 saturated heterocycles. The molecule has 2 N–H and O–H groups in total. The predicted octanol–water partition coefficient (Wildman–Crippen LogP) is 1.77. The van der Waals surface area contributed by atoms with E-state index in [1.807, 2.05) is 36.1 Å². The number of rotatable bonds is 8. The second-order valence-electron chi connectivity index (χ2n) is 8.49. The van der Waals surface area contributed by atoms with Crippen molar-refractivity contribution in [2.75, 3.05) is 20.7 Å². The van der Waals surface area contributed by atoms with Gasteiger partial charge in [0.15, 0.2) is 0 Å². The lowest BCUT2D eigenvalue weighted by atomic mass is 9.92. The number of ether oxygens (including phenoxy) is 1. The highest BCUT2D eigenvalue weighted by Crippen LogP contribution is 2.30. The number of hydrogen-bond donors (Lipinski definition) is 2. The van der Waals surface area contributed by atoms with Crippen LogP contribution in [0.2, 0.25) is 0 Å². The van der Waals surface area contributed by atoms with Crippen molar-refractivity contribution < 1.29 is 19.1 Å². The Morgan fingerprint density at radius 3 is 2.63 bits per heavy atom. The molecule has 1 aromatic heterocycles. The highest BCUT2D eigenvalue weighted by Gasteiger charge is 2.50. The molecule has 2 atom stereocenters. The van der Waals surface area contributed by atoms with Gasteiger partial charge in [0, 0.05) is 6.04 Å². The molecule has 0 radical (unpaired) electrons. The van der Waals surface area contributed by atoms with Gasteiger partial charge in [-0.2, -0.15) is 10.1 Å². The zero-order chi connectivity index (χ0) is 25.2. The number of urea groups is 1. The zero-order valence-electron chi connectivity index (χ0n) is 19.9. The van der Waals surface area contributed by atoms with E-state index in [4.69, 9.17) is 4.74 Å². The Bertz CT molecular complexity index is 1230. The van der Waals surface area contributed by atoms with Gasteiger partial charge in [-0.05, 0) is 56.3 Å². The average molecular weight is 478 g/mol. The number of aromatic nitrogens is 3. The molecular formula is C24H27N7O4. The van der Waals surface area contributed by atoms with Gasteiger partial charge in [0.25, 0.3) is 11.8 Å². The quantitative estimate of drug-likeness (QED) is 0.474. The number of hydrogen-bond acceptors (Lipinski definition) is 7. The van der Waals surface area contributed by atoms with E-state index in [9.17, 15) is 14.4 Å². The third kappa shape index (κ3) is 4.71. The molecule has 1 fully saturated rings. The molecule has 2 unspecified atom stereocenters. The van der Waals surface area contributed by atoms with Crippen molar-refractivity contribution in [1.82, 2.24) is 35.4 Å². The SMILES string of the molecule is COc1cccc(C2(C)NC(=O)N(NC(=O)CN(C)C(C)c3ccc(-n4cncn4)cc3)C2=O)c1. The first-order chi connectivity index (χ1) is 16.7. The number of carbonyl (C=O) groups excluding carboxylic acids is 3. The first-order valence-electron chi connectivity index (χ1n) is 11.0. The molecule has 0 bridgehead atoms. The fourth-order valence-corrected chi connectivity index (χ4v) is 3.90. The number of methoxy groups -OCH3 is 1. The van der Waals surface area contributed by atoms with Crippen molar-refractivity contribution in [3.63, 3.8) is 0 Å². The number of amides is 4. The minimum absolute atomic E-state index is 0.0288. The number of hydrazine groups is 1. The summed E-state index contributed by atoms with van der Waals surface area (Å²) in [6.07, 6.45) is 3.08. The third-order valence-electron chi connectivity index (χ3n) is 6.19. The lowest BCUT2D eigenvalue weighted by Gasteiger charge is -2.26. The Kier molecular flexibility index (Phi) is 6.52. The minimum Gasteiger partial charge on any atom is -0.497 e. The van der Waals surface area contributed by atoms with Crippen LogP contribution in [0.25, 0.3) is 5.69 Å². The molecule has 11 nitrogen and oxygen atoms in total. The smallest absolute Gasteiger partial charge is 0.344 e. The summed E-state index contributed by atoms with van der Waals surface area (Å²) >= 11 is 0. The number of likely N-dealkylation sites (N-methyl/N-ethyl adjacent to an activating group) is 1. The van der Waals surface area contributed by atoms with E-state index in [0.29, 0.717) is 11.3 Å². The molecule has 182 valence electrons. The average Bonchev–Trinajstić information content (AvgIpc) is 3.47. The van der Waals surface area contributed by atoms with Gasteiger partial charge in [-0.25, -0.2) is 14.5 Å². The van der Waals surface area contributed by atoms with E-state index >= 15 is 0 Å². The van der Waals surface area contributed by atoms with Crippen LogP contribution in [0, 0.1) is 0 Å². The molecule has 35 heavy (non-hydrogen) atoms. The van der Waals surface area contributed by atoms with Crippen molar-refractivity contribution in [3.8, 4) is 11.4 Å². The van der Waals surface area contributed by atoms with E-state index in [0.717, 1.165) is 16.3 Å². The van der Waals surface area contributed by atoms with Crippen LogP contribution in [0.15, 0.2) is 61.2 Å². The van der Waals surface area contributed by atoms with Gasteiger partial charge in [-0.15, -0.1) is 0 Å². The summed E-state index contributed by atoms with van der Waals surface area (Å²) in [6, 6.07) is 13.8. The van der Waals surface area contributed by atoms with Gasteiger partial charge in [0.2, 0.25) is 0 Å². The van der Waals surface area contributed by atoms with Crippen LogP contribution in [0.5, 0.6) is 5.75 Å². The molecule has 0 saturated carbocycles. The summed E-state index contributed by atoms with van der Waals surface area (Å²) in [7, 11) is 3.31. The predicted molar refractivity (Wildman–Crippen MR) is 126 cm³/mol. The first-order valence-corrected chi connectivity index (χ1v) is 11.0. The lowest BCUT2D eigenvalue weighted by Crippen LogP contribution is -2.50. The van der Waals surface area contributed by atoms with Gasteiger partial charge >= 0.3 is 6.03 Å². The normalized spacial score (nSPS) is 18.5. The summed E-state index contributed by atoms with van der Waals surface area (Å²) in [4.78, 5) is 44.2. The molecule has 2 aromatic carbocycles. The van der Waals surface area contributed by atoms with Crippen LogP contribution in [0.3, 0.4) is 0 Å². The molecule has 0 spiro atoms. The summed E-state index contributed by atoms with van der Waals surface area (Å²) in [5.41, 5.74) is 3.52. The molecule has 3 aromatic rings. The molecule has 0 aliphatic carbocycles. The van der Waals surface area contributed by atoms with Gasteiger partial charge in [-0.1, -0.05) is 24.3 Å². The van der Waals surface area contributed by atoms with Crippen molar-refractivity contribution in [2.45, 2.75) is 25.4 Å². The van der Waals surface area contributed by atoms with Crippen LogP contribution >= 0.6 is 0 Å². The monoisotopic (exact) mass is 477 g/mol. The summed E-state index contributed by atoms with van der Waals surface area (Å²) in [5, 5.41) is 7.50. The second kappa shape index (κ2) is 9.55. The highest BCUT2D eigenvalue weighted by molar-refractivity contribution is 6.08. The van der Waals surface area contributed by atoms with Crippen LogP contribution < -0.4 is 15.5 Å². The molecule has 4 amide bonds. The lowest BCUT2D eigenvalue weighted by molar-refractivity contribution is -0.139. The summed E-state index contributed by atoms with van der Waals surface area (Å²) < 4.78 is 6.88. The Balaban J connectivity index is 1.39. The van der Waals surface area contributed by atoms with Crippen LogP contribution in [0.4, 0.5) is 4.79 Å². The van der Waals surface area contributed by atoms with Crippen LogP contribution in [-0.4, -0.2) is 63.2 Å². The number of benzene rings is 2. The van der Waals surface area contributed by atoms with E-state index in [2.05, 4.69) is 20.8 Å². The third-order valence-corrected chi connectivity index (χ3v) is 6.19. The van der Waals surface area contributed by atoms with E-state index in [-0.39, 0.29) is 12.6 Å². The fourth-order valence-electron chi connectivity index (χ4n) is 3.90. The van der Waals surface area contributed by atoms with Gasteiger partial charge in [-0.3, -0.25) is 19.9 Å². The van der Waals surface area contributed by atoms with Gasteiger partial charge in [0.1, 0.15) is 23.9 Å². The van der Waals surface area contributed by atoms with Gasteiger partial charge < -0.3 is 10.1 Å². The Morgan fingerprint density at radius 2 is 1.97 bits per heavy atom. The molecule has 4 rings (SSSR count). The molecule has 2 heterocycles.